The van der Waals surface area contributed by atoms with Crippen molar-refractivity contribution in [1.29, 1.82) is 0 Å². The van der Waals surface area contributed by atoms with E-state index in [1.807, 2.05) is 29.0 Å². The zero-order chi connectivity index (χ0) is 14.1. The SMILES string of the molecule is c1cncc(-c2cnc3sc(NCc4cccs4)nn23)c1. The highest BCUT2D eigenvalue weighted by Gasteiger charge is 2.11. The van der Waals surface area contributed by atoms with Crippen LogP contribution in [0.25, 0.3) is 16.2 Å². The minimum Gasteiger partial charge on any atom is -0.355 e. The van der Waals surface area contributed by atoms with Crippen LogP contribution >= 0.6 is 22.7 Å². The second-order valence-corrected chi connectivity index (χ2v) is 6.41. The number of imidazole rings is 1. The Balaban J connectivity index is 1.63. The van der Waals surface area contributed by atoms with E-state index in [0.29, 0.717) is 0 Å². The van der Waals surface area contributed by atoms with Gasteiger partial charge in [0.1, 0.15) is 0 Å². The van der Waals surface area contributed by atoms with Crippen molar-refractivity contribution in [3.8, 4) is 11.3 Å². The monoisotopic (exact) mass is 313 g/mol. The van der Waals surface area contributed by atoms with Gasteiger partial charge in [-0.1, -0.05) is 17.4 Å². The van der Waals surface area contributed by atoms with Crippen molar-refractivity contribution in [3.05, 3.63) is 53.1 Å². The maximum atomic E-state index is 4.59. The summed E-state index contributed by atoms with van der Waals surface area (Å²) in [6.45, 7) is 0.788. The summed E-state index contributed by atoms with van der Waals surface area (Å²) in [6.07, 6.45) is 5.41. The standard InChI is InChI=1S/C14H11N5S2/c1-3-10(7-15-5-1)12-9-17-14-19(12)18-13(21-14)16-8-11-4-2-6-20-11/h1-7,9H,8H2,(H,16,18). The van der Waals surface area contributed by atoms with Crippen LogP contribution in [0.15, 0.2) is 48.2 Å². The summed E-state index contributed by atoms with van der Waals surface area (Å²) in [6, 6.07) is 8.08. The van der Waals surface area contributed by atoms with E-state index in [1.165, 1.54) is 4.88 Å². The molecule has 0 aliphatic heterocycles. The minimum atomic E-state index is 0.788. The van der Waals surface area contributed by atoms with Crippen LogP contribution in [0, 0.1) is 0 Å². The van der Waals surface area contributed by atoms with Gasteiger partial charge in [0.25, 0.3) is 0 Å². The fourth-order valence-electron chi connectivity index (χ4n) is 2.05. The van der Waals surface area contributed by atoms with Crippen molar-refractivity contribution in [2.75, 3.05) is 5.32 Å². The van der Waals surface area contributed by atoms with Gasteiger partial charge in [-0.25, -0.2) is 9.50 Å². The topological polar surface area (TPSA) is 55.1 Å². The van der Waals surface area contributed by atoms with Crippen LogP contribution in [0.4, 0.5) is 5.13 Å². The molecule has 4 aromatic rings. The molecule has 7 heteroatoms. The van der Waals surface area contributed by atoms with Gasteiger partial charge in [-0.15, -0.1) is 16.4 Å². The van der Waals surface area contributed by atoms with Gasteiger partial charge in [0.05, 0.1) is 18.4 Å². The maximum absolute atomic E-state index is 4.59. The Labute approximate surface area is 128 Å². The van der Waals surface area contributed by atoms with Gasteiger partial charge in [-0.2, -0.15) is 0 Å². The molecule has 0 aliphatic carbocycles. The van der Waals surface area contributed by atoms with Crippen LogP contribution in [0.5, 0.6) is 0 Å². The third-order valence-electron chi connectivity index (χ3n) is 3.04. The molecule has 0 bridgehead atoms. The first-order valence-corrected chi connectivity index (χ1v) is 8.11. The van der Waals surface area contributed by atoms with Crippen LogP contribution in [-0.4, -0.2) is 19.6 Å². The molecule has 4 rings (SSSR count). The lowest BCUT2D eigenvalue weighted by Crippen LogP contribution is -1.98. The summed E-state index contributed by atoms with van der Waals surface area (Å²) in [5.41, 5.74) is 1.97. The van der Waals surface area contributed by atoms with Crippen LogP contribution in [0.3, 0.4) is 0 Å². The van der Waals surface area contributed by atoms with Gasteiger partial charge in [0.2, 0.25) is 10.1 Å². The molecular weight excluding hydrogens is 302 g/mol. The third kappa shape index (κ3) is 2.41. The summed E-state index contributed by atoms with van der Waals surface area (Å²) in [4.78, 5) is 10.7. The lowest BCUT2D eigenvalue weighted by Gasteiger charge is -1.99. The van der Waals surface area contributed by atoms with Gasteiger partial charge >= 0.3 is 0 Å². The minimum absolute atomic E-state index is 0.788. The first-order chi connectivity index (χ1) is 10.4. The smallest absolute Gasteiger partial charge is 0.214 e. The number of hydrogen-bond acceptors (Lipinski definition) is 6. The van der Waals surface area contributed by atoms with Crippen molar-refractivity contribution in [3.63, 3.8) is 0 Å². The number of thiophene rings is 1. The molecule has 104 valence electrons. The highest BCUT2D eigenvalue weighted by atomic mass is 32.1. The Morgan fingerprint density at radius 2 is 2.19 bits per heavy atom. The molecule has 1 N–H and O–H groups in total. The van der Waals surface area contributed by atoms with Crippen molar-refractivity contribution in [2.45, 2.75) is 6.54 Å². The number of hydrogen-bond donors (Lipinski definition) is 1. The molecule has 0 spiro atoms. The number of rotatable bonds is 4. The molecule has 0 saturated carbocycles. The fourth-order valence-corrected chi connectivity index (χ4v) is 3.47. The molecule has 0 amide bonds. The van der Waals surface area contributed by atoms with Crippen LogP contribution < -0.4 is 5.32 Å². The summed E-state index contributed by atoms with van der Waals surface area (Å²) < 4.78 is 1.86. The van der Waals surface area contributed by atoms with E-state index < -0.39 is 0 Å². The van der Waals surface area contributed by atoms with Crippen molar-refractivity contribution >= 4 is 32.8 Å². The van der Waals surface area contributed by atoms with Crippen molar-refractivity contribution in [2.24, 2.45) is 0 Å². The number of anilines is 1. The van der Waals surface area contributed by atoms with E-state index in [1.54, 1.807) is 28.9 Å². The number of nitrogens with zero attached hydrogens (tertiary/aromatic N) is 4. The van der Waals surface area contributed by atoms with E-state index in [-0.39, 0.29) is 0 Å². The molecule has 0 fully saturated rings. The van der Waals surface area contributed by atoms with Gasteiger partial charge in [-0.3, -0.25) is 4.98 Å². The van der Waals surface area contributed by atoms with E-state index in [2.05, 4.69) is 37.9 Å². The number of fused-ring (bicyclic) bond motifs is 1. The van der Waals surface area contributed by atoms with Crippen molar-refractivity contribution in [1.82, 2.24) is 19.6 Å². The molecule has 4 heterocycles. The van der Waals surface area contributed by atoms with Crippen molar-refractivity contribution < 1.29 is 0 Å². The normalized spacial score (nSPS) is 11.0. The fraction of sp³-hybridized carbons (Fsp3) is 0.0714. The number of nitrogens with one attached hydrogen (secondary N) is 1. The zero-order valence-electron chi connectivity index (χ0n) is 10.9. The summed E-state index contributed by atoms with van der Waals surface area (Å²) >= 11 is 3.28. The van der Waals surface area contributed by atoms with Gasteiger partial charge < -0.3 is 5.32 Å². The number of aromatic nitrogens is 4. The first kappa shape index (κ1) is 12.5. The maximum Gasteiger partial charge on any atom is 0.214 e. The Morgan fingerprint density at radius 1 is 1.19 bits per heavy atom. The zero-order valence-corrected chi connectivity index (χ0v) is 12.6. The Kier molecular flexibility index (Phi) is 3.13. The molecule has 0 aliphatic rings. The van der Waals surface area contributed by atoms with E-state index >= 15 is 0 Å². The lowest BCUT2D eigenvalue weighted by molar-refractivity contribution is 0.969. The van der Waals surface area contributed by atoms with Gasteiger partial charge in [0, 0.05) is 22.8 Å². The predicted octanol–water partition coefficient (Wildman–Crippen LogP) is 3.53. The second-order valence-electron chi connectivity index (χ2n) is 4.42. The lowest BCUT2D eigenvalue weighted by atomic mass is 10.2. The average molecular weight is 313 g/mol. The molecule has 0 saturated heterocycles. The van der Waals surface area contributed by atoms with Crippen LogP contribution in [0.1, 0.15) is 4.88 Å². The van der Waals surface area contributed by atoms with Crippen LogP contribution in [-0.2, 0) is 6.54 Å². The Morgan fingerprint density at radius 3 is 3.00 bits per heavy atom. The Hall–Kier alpha value is -2.25. The molecule has 21 heavy (non-hydrogen) atoms. The van der Waals surface area contributed by atoms with Gasteiger partial charge in [0.15, 0.2) is 0 Å². The number of pyridine rings is 1. The second kappa shape index (κ2) is 5.27. The van der Waals surface area contributed by atoms with Crippen LogP contribution in [0.2, 0.25) is 0 Å². The Bertz CT molecular complexity index is 848. The summed E-state index contributed by atoms with van der Waals surface area (Å²) in [7, 11) is 0. The summed E-state index contributed by atoms with van der Waals surface area (Å²) in [5, 5.41) is 10.9. The highest BCUT2D eigenvalue weighted by molar-refractivity contribution is 7.20. The average Bonchev–Trinajstić information content (AvgIpc) is 3.22. The molecule has 5 nitrogen and oxygen atoms in total. The first-order valence-electron chi connectivity index (χ1n) is 6.41. The molecule has 0 aromatic carbocycles. The van der Waals surface area contributed by atoms with Gasteiger partial charge in [-0.05, 0) is 23.6 Å². The molecular formula is C14H11N5S2. The highest BCUT2D eigenvalue weighted by Crippen LogP contribution is 2.25. The largest absolute Gasteiger partial charge is 0.355 e. The quantitative estimate of drug-likeness (QED) is 0.626. The molecule has 0 atom stereocenters. The van der Waals surface area contributed by atoms with E-state index in [0.717, 1.165) is 27.9 Å². The third-order valence-corrected chi connectivity index (χ3v) is 4.79. The molecule has 4 aromatic heterocycles. The van der Waals surface area contributed by atoms with E-state index in [9.17, 15) is 0 Å². The predicted molar refractivity (Wildman–Crippen MR) is 85.7 cm³/mol. The summed E-state index contributed by atoms with van der Waals surface area (Å²) in [5.74, 6) is 0. The molecule has 0 unspecified atom stereocenters. The van der Waals surface area contributed by atoms with E-state index in [4.69, 9.17) is 0 Å². The molecule has 0 radical (unpaired) electrons.